The molecule has 0 fully saturated rings. The van der Waals surface area contributed by atoms with Gasteiger partial charge in [0.1, 0.15) is 5.75 Å². The lowest BCUT2D eigenvalue weighted by molar-refractivity contribution is -0.132. The van der Waals surface area contributed by atoms with Crippen molar-refractivity contribution >= 4 is 21.9 Å². The van der Waals surface area contributed by atoms with Crippen LogP contribution in [0.4, 0.5) is 0 Å². The molecule has 0 radical (unpaired) electrons. The van der Waals surface area contributed by atoms with Gasteiger partial charge in [-0.2, -0.15) is 0 Å². The lowest BCUT2D eigenvalue weighted by atomic mass is 9.96. The molecule has 5 rings (SSSR count). The van der Waals surface area contributed by atoms with Gasteiger partial charge in [-0.1, -0.05) is 18.2 Å². The number of halogens is 1. The Hall–Kier alpha value is -4.25. The molecule has 9 nitrogen and oxygen atoms in total. The Kier molecular flexibility index (Phi) is 12.1. The number of nitrogens with one attached hydrogen (secondary N) is 1. The van der Waals surface area contributed by atoms with Gasteiger partial charge in [0.25, 0.3) is 0 Å². The minimum Gasteiger partial charge on any atom is -0.493 e. The van der Waals surface area contributed by atoms with Crippen LogP contribution < -0.4 is 33.7 Å². The largest absolute Gasteiger partial charge is 0.493 e. The lowest BCUT2D eigenvalue weighted by Crippen LogP contribution is -2.27. The molecule has 1 aliphatic heterocycles. The Balaban J connectivity index is 1.47. The van der Waals surface area contributed by atoms with E-state index in [4.69, 9.17) is 28.4 Å². The van der Waals surface area contributed by atoms with Crippen LogP contribution in [0.3, 0.4) is 0 Å². The Morgan fingerprint density at radius 3 is 2.16 bits per heavy atom. The maximum absolute atomic E-state index is 12.3. The van der Waals surface area contributed by atoms with E-state index in [1.165, 1.54) is 18.1 Å². The minimum atomic E-state index is -0.469. The number of methoxy groups -OCH3 is 3. The predicted molar refractivity (Wildman–Crippen MR) is 194 cm³/mol. The van der Waals surface area contributed by atoms with Gasteiger partial charge in [0, 0.05) is 25.6 Å². The summed E-state index contributed by atoms with van der Waals surface area (Å²) in [5.41, 5.74) is 6.58. The van der Waals surface area contributed by atoms with E-state index in [9.17, 15) is 4.79 Å². The number of ether oxygens (including phenoxy) is 6. The molecular weight excluding hydrogens is 688 g/mol. The third-order valence-electron chi connectivity index (χ3n) is 8.63. The molecule has 4 aromatic carbocycles. The molecule has 10 heteroatoms. The summed E-state index contributed by atoms with van der Waals surface area (Å²) in [5, 5.41) is 3.26. The molecule has 1 N–H and O–H groups in total. The number of rotatable bonds is 14. The Bertz CT molecular complexity index is 1790. The van der Waals surface area contributed by atoms with E-state index < -0.39 is 5.97 Å². The van der Waals surface area contributed by atoms with Crippen LogP contribution in [0.25, 0.3) is 0 Å². The summed E-state index contributed by atoms with van der Waals surface area (Å²) in [7, 11) is 8.84. The van der Waals surface area contributed by atoms with Crippen LogP contribution in [0.2, 0.25) is 0 Å². The first-order valence-electron chi connectivity index (χ1n) is 16.4. The van der Waals surface area contributed by atoms with E-state index in [2.05, 4.69) is 51.4 Å². The van der Waals surface area contributed by atoms with Crippen molar-refractivity contribution in [3.05, 3.63) is 92.5 Å². The third kappa shape index (κ3) is 8.49. The first-order valence-corrected chi connectivity index (χ1v) is 17.2. The number of hydrogen-bond donors (Lipinski definition) is 1. The van der Waals surface area contributed by atoms with E-state index >= 15 is 0 Å². The zero-order valence-corrected chi connectivity index (χ0v) is 30.9. The van der Waals surface area contributed by atoms with Crippen molar-refractivity contribution in [2.24, 2.45) is 0 Å². The molecule has 4 aromatic rings. The standard InChI is InChI=1S/C39H45BrN2O7/c1-24-8-15-32(44-5)34(20-24)48-29-13-10-26(11-14-29)9-12-27-22-35(33(45-6)21-28(27)16-18-41-3)49-37-31-23-42(4)19-17-30(31)36(40)38(46-7)39(37)47-25(2)43/h8,10-11,13-15,20-22,41H,9,12,16-19,23H2,1-7H3. The van der Waals surface area contributed by atoms with E-state index in [0.717, 1.165) is 71.2 Å². The smallest absolute Gasteiger partial charge is 0.308 e. The molecule has 0 atom stereocenters. The van der Waals surface area contributed by atoms with Gasteiger partial charge in [0.2, 0.25) is 5.75 Å². The second-order valence-corrected chi connectivity index (χ2v) is 13.0. The van der Waals surface area contributed by atoms with Crippen LogP contribution in [-0.4, -0.2) is 59.4 Å². The summed E-state index contributed by atoms with van der Waals surface area (Å²) in [6.45, 7) is 5.70. The molecule has 0 saturated heterocycles. The van der Waals surface area contributed by atoms with E-state index in [1.807, 2.05) is 50.4 Å². The number of likely N-dealkylation sites (N-methyl/N-ethyl adjacent to an activating group) is 2. The van der Waals surface area contributed by atoms with Gasteiger partial charge in [-0.05, 0) is 133 Å². The van der Waals surface area contributed by atoms with Crippen LogP contribution in [0.15, 0.2) is 59.1 Å². The van der Waals surface area contributed by atoms with Gasteiger partial charge in [-0.3, -0.25) is 4.79 Å². The first-order chi connectivity index (χ1) is 23.6. The molecule has 0 unspecified atom stereocenters. The maximum atomic E-state index is 12.3. The minimum absolute atomic E-state index is 0.240. The summed E-state index contributed by atoms with van der Waals surface area (Å²) in [5.74, 6) is 3.89. The number of esters is 1. The van der Waals surface area contributed by atoms with Crippen LogP contribution in [0, 0.1) is 6.92 Å². The highest BCUT2D eigenvalue weighted by atomic mass is 79.9. The molecule has 0 bridgehead atoms. The molecule has 0 spiro atoms. The summed E-state index contributed by atoms with van der Waals surface area (Å²) in [6, 6.07) is 18.1. The van der Waals surface area contributed by atoms with Gasteiger partial charge in [-0.25, -0.2) is 0 Å². The fourth-order valence-electron chi connectivity index (χ4n) is 6.06. The van der Waals surface area contributed by atoms with Crippen molar-refractivity contribution in [3.8, 4) is 46.0 Å². The third-order valence-corrected chi connectivity index (χ3v) is 9.47. The summed E-state index contributed by atoms with van der Waals surface area (Å²) < 4.78 is 36.6. The zero-order valence-electron chi connectivity index (χ0n) is 29.3. The van der Waals surface area contributed by atoms with Crippen molar-refractivity contribution in [1.29, 1.82) is 0 Å². The van der Waals surface area contributed by atoms with Gasteiger partial charge in [-0.15, -0.1) is 0 Å². The van der Waals surface area contributed by atoms with Gasteiger partial charge < -0.3 is 38.6 Å². The lowest BCUT2D eigenvalue weighted by Gasteiger charge is -2.30. The predicted octanol–water partition coefficient (Wildman–Crippen LogP) is 7.83. The number of benzene rings is 4. The number of aryl methyl sites for hydroxylation is 3. The monoisotopic (exact) mass is 732 g/mol. The average molecular weight is 734 g/mol. The molecule has 0 aromatic heterocycles. The quantitative estimate of drug-likeness (QED) is 0.103. The molecular formula is C39H45BrN2O7. The van der Waals surface area contributed by atoms with Crippen LogP contribution in [0.5, 0.6) is 46.0 Å². The summed E-state index contributed by atoms with van der Waals surface area (Å²) >= 11 is 3.72. The Morgan fingerprint density at radius 2 is 1.49 bits per heavy atom. The molecule has 260 valence electrons. The van der Waals surface area contributed by atoms with E-state index in [0.29, 0.717) is 41.0 Å². The molecule has 0 aliphatic carbocycles. The molecule has 1 aliphatic rings. The average Bonchev–Trinajstić information content (AvgIpc) is 3.09. The molecule has 0 saturated carbocycles. The highest BCUT2D eigenvalue weighted by Gasteiger charge is 2.31. The molecule has 1 heterocycles. The number of fused-ring (bicyclic) bond motifs is 1. The summed E-state index contributed by atoms with van der Waals surface area (Å²) in [6.07, 6.45) is 3.18. The molecule has 0 amide bonds. The van der Waals surface area contributed by atoms with Crippen molar-refractivity contribution in [3.63, 3.8) is 0 Å². The SMILES string of the molecule is CNCCc1cc(OC)c(Oc2c3c(c(Br)c(OC)c2OC(C)=O)CCN(C)C3)cc1CCc1ccc(Oc2cc(C)ccc2OC)cc1. The van der Waals surface area contributed by atoms with Gasteiger partial charge in [0.05, 0.1) is 25.8 Å². The Morgan fingerprint density at radius 1 is 0.796 bits per heavy atom. The van der Waals surface area contributed by atoms with Crippen LogP contribution in [-0.2, 0) is 37.0 Å². The fraction of sp³-hybridized carbons (Fsp3) is 0.359. The topological polar surface area (TPSA) is 87.7 Å². The van der Waals surface area contributed by atoms with Crippen LogP contribution >= 0.6 is 15.9 Å². The van der Waals surface area contributed by atoms with Crippen LogP contribution in [0.1, 0.15) is 40.3 Å². The first kappa shape index (κ1) is 36.0. The van der Waals surface area contributed by atoms with Crippen molar-refractivity contribution in [1.82, 2.24) is 10.2 Å². The highest BCUT2D eigenvalue weighted by Crippen LogP contribution is 2.52. The fourth-order valence-corrected chi connectivity index (χ4v) is 6.84. The summed E-state index contributed by atoms with van der Waals surface area (Å²) in [4.78, 5) is 14.5. The van der Waals surface area contributed by atoms with Gasteiger partial charge in [0.15, 0.2) is 34.5 Å². The van der Waals surface area contributed by atoms with Gasteiger partial charge >= 0.3 is 5.97 Å². The highest BCUT2D eigenvalue weighted by molar-refractivity contribution is 9.10. The second kappa shape index (κ2) is 16.4. The number of nitrogens with zero attached hydrogens (tertiary/aromatic N) is 1. The zero-order chi connectivity index (χ0) is 35.1. The maximum Gasteiger partial charge on any atom is 0.308 e. The second-order valence-electron chi connectivity index (χ2n) is 12.2. The molecule has 49 heavy (non-hydrogen) atoms. The van der Waals surface area contributed by atoms with Crippen molar-refractivity contribution in [2.75, 3.05) is 48.5 Å². The van der Waals surface area contributed by atoms with E-state index in [-0.39, 0.29) is 5.75 Å². The van der Waals surface area contributed by atoms with E-state index in [1.54, 1.807) is 21.3 Å². The van der Waals surface area contributed by atoms with Crippen molar-refractivity contribution < 1.29 is 33.2 Å². The number of hydrogen-bond acceptors (Lipinski definition) is 9. The number of carbonyl (C=O) groups is 1. The normalized spacial score (nSPS) is 12.7. The van der Waals surface area contributed by atoms with Crippen molar-refractivity contribution in [2.45, 2.75) is 46.1 Å². The Labute approximate surface area is 297 Å². The number of carbonyl (C=O) groups excluding carboxylic acids is 1.